The van der Waals surface area contributed by atoms with Crippen molar-refractivity contribution < 1.29 is 14.3 Å². The fourth-order valence-electron chi connectivity index (χ4n) is 2.05. The van der Waals surface area contributed by atoms with Gasteiger partial charge in [0.05, 0.1) is 17.6 Å². The molecular formula is C19H21BrN2O3S. The van der Waals surface area contributed by atoms with Crippen molar-refractivity contribution in [3.8, 4) is 5.75 Å². The van der Waals surface area contributed by atoms with Crippen LogP contribution in [0.2, 0.25) is 0 Å². The molecule has 26 heavy (non-hydrogen) atoms. The van der Waals surface area contributed by atoms with Gasteiger partial charge in [0.2, 0.25) is 11.8 Å². The van der Waals surface area contributed by atoms with Crippen molar-refractivity contribution >= 4 is 50.9 Å². The minimum absolute atomic E-state index is 0.133. The van der Waals surface area contributed by atoms with Crippen LogP contribution in [-0.4, -0.2) is 29.4 Å². The van der Waals surface area contributed by atoms with Crippen LogP contribution >= 0.6 is 27.7 Å². The van der Waals surface area contributed by atoms with Crippen molar-refractivity contribution in [1.82, 2.24) is 0 Å². The molecule has 2 aromatic rings. The highest BCUT2D eigenvalue weighted by atomic mass is 79.9. The van der Waals surface area contributed by atoms with Gasteiger partial charge >= 0.3 is 0 Å². The first kappa shape index (κ1) is 20.3. The Hall–Kier alpha value is -1.99. The summed E-state index contributed by atoms with van der Waals surface area (Å²) in [5.74, 6) is 0.675. The summed E-state index contributed by atoms with van der Waals surface area (Å²) in [5.41, 5.74) is 1.43. The van der Waals surface area contributed by atoms with Crippen molar-refractivity contribution in [1.29, 1.82) is 0 Å². The molecule has 0 saturated carbocycles. The molecule has 0 saturated heterocycles. The first-order valence-electron chi connectivity index (χ1n) is 8.18. The van der Waals surface area contributed by atoms with Gasteiger partial charge in [-0.05, 0) is 62.4 Å². The summed E-state index contributed by atoms with van der Waals surface area (Å²) in [7, 11) is 0. The van der Waals surface area contributed by atoms with Gasteiger partial charge in [-0.2, -0.15) is 0 Å². The third-order valence-electron chi connectivity index (χ3n) is 3.39. The normalized spacial score (nSPS) is 11.5. The predicted octanol–water partition coefficient (Wildman–Crippen LogP) is 4.55. The third-order valence-corrected chi connectivity index (χ3v) is 5.07. The number of benzene rings is 2. The highest BCUT2D eigenvalue weighted by Gasteiger charge is 2.15. The SMILES string of the molecule is CCOc1ccc(NC(=O)CSC(C)C(=O)Nc2ccc(Br)cc2)cc1. The molecule has 0 bridgehead atoms. The number of hydrogen-bond acceptors (Lipinski definition) is 4. The van der Waals surface area contributed by atoms with Gasteiger partial charge in [0, 0.05) is 15.8 Å². The zero-order chi connectivity index (χ0) is 18.9. The van der Waals surface area contributed by atoms with E-state index in [1.165, 1.54) is 11.8 Å². The van der Waals surface area contributed by atoms with E-state index >= 15 is 0 Å². The second-order valence-electron chi connectivity index (χ2n) is 5.45. The standard InChI is InChI=1S/C19H21BrN2O3S/c1-3-25-17-10-8-15(9-11-17)21-18(23)12-26-13(2)19(24)22-16-6-4-14(20)5-7-16/h4-11,13H,3,12H2,1-2H3,(H,21,23)(H,22,24). The van der Waals surface area contributed by atoms with Gasteiger partial charge in [-0.25, -0.2) is 0 Å². The Bertz CT molecular complexity index is 735. The first-order valence-corrected chi connectivity index (χ1v) is 10.0. The molecule has 0 heterocycles. The zero-order valence-electron chi connectivity index (χ0n) is 14.6. The van der Waals surface area contributed by atoms with E-state index in [0.717, 1.165) is 15.9 Å². The maximum absolute atomic E-state index is 12.2. The number of ether oxygens (including phenoxy) is 1. The van der Waals surface area contributed by atoms with E-state index in [-0.39, 0.29) is 22.8 Å². The molecule has 2 rings (SSSR count). The van der Waals surface area contributed by atoms with E-state index in [9.17, 15) is 9.59 Å². The van der Waals surface area contributed by atoms with Crippen LogP contribution in [0.5, 0.6) is 5.75 Å². The molecule has 1 atom stereocenters. The Balaban J connectivity index is 1.76. The summed E-state index contributed by atoms with van der Waals surface area (Å²) >= 11 is 4.64. The van der Waals surface area contributed by atoms with Crippen LogP contribution in [0.3, 0.4) is 0 Å². The van der Waals surface area contributed by atoms with Crippen LogP contribution in [0, 0.1) is 0 Å². The molecule has 0 aliphatic carbocycles. The van der Waals surface area contributed by atoms with E-state index in [4.69, 9.17) is 4.74 Å². The first-order chi connectivity index (χ1) is 12.5. The second kappa shape index (κ2) is 10.2. The number of anilines is 2. The van der Waals surface area contributed by atoms with Gasteiger partial charge in [0.25, 0.3) is 0 Å². The van der Waals surface area contributed by atoms with Crippen molar-refractivity contribution in [3.05, 3.63) is 53.0 Å². The summed E-state index contributed by atoms with van der Waals surface area (Å²) in [6.45, 7) is 4.30. The maximum Gasteiger partial charge on any atom is 0.237 e. The molecule has 0 aliphatic rings. The largest absolute Gasteiger partial charge is 0.494 e. The van der Waals surface area contributed by atoms with Crippen LogP contribution in [0.15, 0.2) is 53.0 Å². The van der Waals surface area contributed by atoms with Gasteiger partial charge < -0.3 is 15.4 Å². The fraction of sp³-hybridized carbons (Fsp3) is 0.263. The predicted molar refractivity (Wildman–Crippen MR) is 111 cm³/mol. The lowest BCUT2D eigenvalue weighted by molar-refractivity contribution is -0.115. The minimum Gasteiger partial charge on any atom is -0.494 e. The minimum atomic E-state index is -0.343. The van der Waals surface area contributed by atoms with Gasteiger partial charge in [-0.1, -0.05) is 15.9 Å². The smallest absolute Gasteiger partial charge is 0.237 e. The van der Waals surface area contributed by atoms with E-state index in [2.05, 4.69) is 26.6 Å². The van der Waals surface area contributed by atoms with E-state index < -0.39 is 0 Å². The molecule has 2 amide bonds. The summed E-state index contributed by atoms with van der Waals surface area (Å²) < 4.78 is 6.31. The van der Waals surface area contributed by atoms with Crippen molar-refractivity contribution in [2.24, 2.45) is 0 Å². The molecule has 1 unspecified atom stereocenters. The summed E-state index contributed by atoms with van der Waals surface area (Å²) in [6.07, 6.45) is 0. The maximum atomic E-state index is 12.2. The zero-order valence-corrected chi connectivity index (χ0v) is 17.0. The van der Waals surface area contributed by atoms with Crippen LogP contribution in [0.1, 0.15) is 13.8 Å². The number of nitrogens with one attached hydrogen (secondary N) is 2. The summed E-state index contributed by atoms with van der Waals surface area (Å²) in [4.78, 5) is 24.2. The molecule has 0 radical (unpaired) electrons. The Morgan fingerprint density at radius 3 is 2.23 bits per heavy atom. The van der Waals surface area contributed by atoms with Gasteiger partial charge in [-0.15, -0.1) is 11.8 Å². The molecule has 0 aliphatic heterocycles. The quantitative estimate of drug-likeness (QED) is 0.636. The highest BCUT2D eigenvalue weighted by Crippen LogP contribution is 2.18. The topological polar surface area (TPSA) is 67.4 Å². The molecule has 138 valence electrons. The van der Waals surface area contributed by atoms with Gasteiger partial charge in [-0.3, -0.25) is 9.59 Å². The molecule has 2 aromatic carbocycles. The Morgan fingerprint density at radius 2 is 1.62 bits per heavy atom. The molecule has 5 nitrogen and oxygen atoms in total. The average molecular weight is 437 g/mol. The Labute approximate surface area is 166 Å². The van der Waals surface area contributed by atoms with Crippen molar-refractivity contribution in [3.63, 3.8) is 0 Å². The monoisotopic (exact) mass is 436 g/mol. The molecule has 0 aromatic heterocycles. The molecule has 2 N–H and O–H groups in total. The average Bonchev–Trinajstić information content (AvgIpc) is 2.63. The summed E-state index contributed by atoms with van der Waals surface area (Å²) in [5, 5.41) is 5.30. The van der Waals surface area contributed by atoms with Crippen LogP contribution in [-0.2, 0) is 9.59 Å². The van der Waals surface area contributed by atoms with Crippen LogP contribution in [0.25, 0.3) is 0 Å². The van der Waals surface area contributed by atoms with Gasteiger partial charge in [0.15, 0.2) is 0 Å². The highest BCUT2D eigenvalue weighted by molar-refractivity contribution is 9.10. The number of hydrogen-bond donors (Lipinski definition) is 2. The van der Waals surface area contributed by atoms with Crippen LogP contribution in [0.4, 0.5) is 11.4 Å². The molecule has 0 spiro atoms. The fourth-order valence-corrected chi connectivity index (χ4v) is 3.00. The van der Waals surface area contributed by atoms with E-state index in [0.29, 0.717) is 12.3 Å². The third kappa shape index (κ3) is 6.72. The van der Waals surface area contributed by atoms with Crippen LogP contribution < -0.4 is 15.4 Å². The molecule has 0 fully saturated rings. The van der Waals surface area contributed by atoms with E-state index in [1.54, 1.807) is 31.2 Å². The molecular weight excluding hydrogens is 416 g/mol. The van der Waals surface area contributed by atoms with Gasteiger partial charge in [0.1, 0.15) is 5.75 Å². The number of carbonyl (C=O) groups is 2. The lowest BCUT2D eigenvalue weighted by atomic mass is 10.3. The number of carbonyl (C=O) groups excluding carboxylic acids is 2. The Kier molecular flexibility index (Phi) is 8.00. The number of amides is 2. The lowest BCUT2D eigenvalue weighted by Gasteiger charge is -2.12. The van der Waals surface area contributed by atoms with E-state index in [1.807, 2.05) is 31.2 Å². The molecule has 7 heteroatoms. The summed E-state index contributed by atoms with van der Waals surface area (Å²) in [6, 6.07) is 14.5. The van der Waals surface area contributed by atoms with Crippen molar-refractivity contribution in [2.45, 2.75) is 19.1 Å². The lowest BCUT2D eigenvalue weighted by Crippen LogP contribution is -2.25. The number of halogens is 1. The van der Waals surface area contributed by atoms with Crippen molar-refractivity contribution in [2.75, 3.05) is 23.0 Å². The number of thioether (sulfide) groups is 1. The Morgan fingerprint density at radius 1 is 1.04 bits per heavy atom. The second-order valence-corrected chi connectivity index (χ2v) is 7.70. The number of rotatable bonds is 8.